The second-order valence-corrected chi connectivity index (χ2v) is 3.30. The van der Waals surface area contributed by atoms with Crippen LogP contribution in [0.1, 0.15) is 23.2 Å². The Morgan fingerprint density at radius 2 is 2.21 bits per heavy atom. The minimum Gasteiger partial charge on any atom is -0.472 e. The summed E-state index contributed by atoms with van der Waals surface area (Å²) in [6.07, 6.45) is 3.14. The van der Waals surface area contributed by atoms with Gasteiger partial charge in [0.05, 0.1) is 12.5 Å². The fraction of sp³-hybridized carbons (Fsp3) is 0.273. The summed E-state index contributed by atoms with van der Waals surface area (Å²) < 4.78 is 10.2. The Balaban J connectivity index is 2.06. The molecule has 0 spiro atoms. The average molecular weight is 192 g/mol. The normalized spacial score (nSPS) is 13.0. The van der Waals surface area contributed by atoms with Crippen molar-refractivity contribution >= 4 is 0 Å². The molecule has 1 unspecified atom stereocenters. The van der Waals surface area contributed by atoms with Gasteiger partial charge in [-0.05, 0) is 30.7 Å². The highest BCUT2D eigenvalue weighted by Gasteiger charge is 2.12. The van der Waals surface area contributed by atoms with Crippen LogP contribution in [0.5, 0.6) is 0 Å². The van der Waals surface area contributed by atoms with E-state index < -0.39 is 6.10 Å². The van der Waals surface area contributed by atoms with E-state index >= 15 is 0 Å². The molecule has 0 saturated heterocycles. The van der Waals surface area contributed by atoms with E-state index in [9.17, 15) is 5.11 Å². The molecule has 2 aromatic heterocycles. The molecule has 1 N–H and O–H groups in total. The smallest absolute Gasteiger partial charge is 0.132 e. The molecule has 2 aromatic rings. The van der Waals surface area contributed by atoms with Crippen molar-refractivity contribution < 1.29 is 13.9 Å². The highest BCUT2D eigenvalue weighted by molar-refractivity contribution is 5.13. The van der Waals surface area contributed by atoms with Crippen LogP contribution in [0, 0.1) is 6.92 Å². The summed E-state index contributed by atoms with van der Waals surface area (Å²) in [5.41, 5.74) is 0.964. The third-order valence-electron chi connectivity index (χ3n) is 2.10. The van der Waals surface area contributed by atoms with Crippen LogP contribution in [0.2, 0.25) is 0 Å². The molecule has 0 aliphatic rings. The minimum atomic E-state index is -0.596. The molecule has 2 rings (SSSR count). The van der Waals surface area contributed by atoms with E-state index in [0.29, 0.717) is 12.2 Å². The predicted molar refractivity (Wildman–Crippen MR) is 50.8 cm³/mol. The summed E-state index contributed by atoms with van der Waals surface area (Å²) in [6.45, 7) is 1.86. The van der Waals surface area contributed by atoms with Gasteiger partial charge in [0.2, 0.25) is 0 Å². The molecule has 0 saturated carbocycles. The number of aryl methyl sites for hydroxylation is 1. The van der Waals surface area contributed by atoms with Crippen LogP contribution in [0.3, 0.4) is 0 Å². The first-order chi connectivity index (χ1) is 6.75. The fourth-order valence-electron chi connectivity index (χ4n) is 1.37. The van der Waals surface area contributed by atoms with Crippen LogP contribution in [0.4, 0.5) is 0 Å². The standard InChI is InChI=1S/C11H12O3/c1-8-2-3-11(14-8)10(12)6-9-4-5-13-7-9/h2-5,7,10,12H,6H2,1H3. The second-order valence-electron chi connectivity index (χ2n) is 3.30. The van der Waals surface area contributed by atoms with Crippen molar-refractivity contribution in [2.45, 2.75) is 19.4 Å². The van der Waals surface area contributed by atoms with Crippen molar-refractivity contribution in [1.82, 2.24) is 0 Å². The van der Waals surface area contributed by atoms with Crippen molar-refractivity contribution in [3.8, 4) is 0 Å². The predicted octanol–water partition coefficient (Wildman–Crippen LogP) is 2.46. The van der Waals surface area contributed by atoms with Crippen molar-refractivity contribution in [2.24, 2.45) is 0 Å². The molecule has 0 aliphatic heterocycles. The SMILES string of the molecule is Cc1ccc(C(O)Cc2ccoc2)o1. The fourth-order valence-corrected chi connectivity index (χ4v) is 1.37. The zero-order chi connectivity index (χ0) is 9.97. The van der Waals surface area contributed by atoms with E-state index in [0.717, 1.165) is 11.3 Å². The van der Waals surface area contributed by atoms with E-state index in [1.165, 1.54) is 0 Å². The van der Waals surface area contributed by atoms with Crippen LogP contribution in [0.25, 0.3) is 0 Å². The second kappa shape index (κ2) is 3.72. The lowest BCUT2D eigenvalue weighted by Gasteiger charge is -2.04. The molecule has 3 heteroatoms. The van der Waals surface area contributed by atoms with E-state index in [1.54, 1.807) is 18.6 Å². The van der Waals surface area contributed by atoms with Gasteiger partial charge in [0.1, 0.15) is 17.6 Å². The minimum absolute atomic E-state index is 0.517. The molecule has 2 heterocycles. The van der Waals surface area contributed by atoms with Gasteiger partial charge in [-0.2, -0.15) is 0 Å². The Bertz CT molecular complexity index is 386. The lowest BCUT2D eigenvalue weighted by Crippen LogP contribution is -1.99. The molecule has 1 atom stereocenters. The summed E-state index contributed by atoms with van der Waals surface area (Å²) in [7, 11) is 0. The first kappa shape index (κ1) is 9.09. The number of aliphatic hydroxyl groups excluding tert-OH is 1. The van der Waals surface area contributed by atoms with Gasteiger partial charge in [0.15, 0.2) is 0 Å². The van der Waals surface area contributed by atoms with Gasteiger partial charge < -0.3 is 13.9 Å². The summed E-state index contributed by atoms with van der Waals surface area (Å²) in [4.78, 5) is 0. The van der Waals surface area contributed by atoms with Crippen LogP contribution in [0.15, 0.2) is 39.6 Å². The maximum Gasteiger partial charge on any atom is 0.132 e. The van der Waals surface area contributed by atoms with Crippen molar-refractivity contribution in [3.05, 3.63) is 47.8 Å². The number of hydrogen-bond acceptors (Lipinski definition) is 3. The summed E-state index contributed by atoms with van der Waals surface area (Å²) in [5.74, 6) is 1.41. The Morgan fingerprint density at radius 3 is 2.79 bits per heavy atom. The Kier molecular flexibility index (Phi) is 2.41. The first-order valence-electron chi connectivity index (χ1n) is 4.51. The van der Waals surface area contributed by atoms with Gasteiger partial charge >= 0.3 is 0 Å². The van der Waals surface area contributed by atoms with Gasteiger partial charge in [-0.1, -0.05) is 0 Å². The monoisotopic (exact) mass is 192 g/mol. The number of rotatable bonds is 3. The van der Waals surface area contributed by atoms with E-state index in [4.69, 9.17) is 8.83 Å². The van der Waals surface area contributed by atoms with Crippen molar-refractivity contribution in [3.63, 3.8) is 0 Å². The lowest BCUT2D eigenvalue weighted by atomic mass is 10.1. The van der Waals surface area contributed by atoms with Gasteiger partial charge in [-0.25, -0.2) is 0 Å². The zero-order valence-electron chi connectivity index (χ0n) is 7.93. The number of hydrogen-bond donors (Lipinski definition) is 1. The summed E-state index contributed by atoms with van der Waals surface area (Å²) in [6, 6.07) is 5.47. The highest BCUT2D eigenvalue weighted by atomic mass is 16.4. The molecule has 0 fully saturated rings. The molecule has 3 nitrogen and oxygen atoms in total. The first-order valence-corrected chi connectivity index (χ1v) is 4.51. The van der Waals surface area contributed by atoms with Crippen LogP contribution < -0.4 is 0 Å². The molecule has 14 heavy (non-hydrogen) atoms. The van der Waals surface area contributed by atoms with E-state index in [2.05, 4.69) is 0 Å². The van der Waals surface area contributed by atoms with Gasteiger partial charge in [-0.3, -0.25) is 0 Å². The molecule has 74 valence electrons. The van der Waals surface area contributed by atoms with Crippen LogP contribution in [-0.2, 0) is 6.42 Å². The molecular weight excluding hydrogens is 180 g/mol. The third-order valence-corrected chi connectivity index (χ3v) is 2.10. The molecule has 0 radical (unpaired) electrons. The molecule has 0 aliphatic carbocycles. The van der Waals surface area contributed by atoms with Gasteiger partial charge in [0, 0.05) is 6.42 Å². The zero-order valence-corrected chi connectivity index (χ0v) is 7.93. The Labute approximate surface area is 82.0 Å². The largest absolute Gasteiger partial charge is 0.472 e. The van der Waals surface area contributed by atoms with E-state index in [-0.39, 0.29) is 0 Å². The third kappa shape index (κ3) is 1.88. The van der Waals surface area contributed by atoms with Crippen molar-refractivity contribution in [1.29, 1.82) is 0 Å². The molecular formula is C11H12O3. The van der Waals surface area contributed by atoms with Crippen LogP contribution in [-0.4, -0.2) is 5.11 Å². The Morgan fingerprint density at radius 1 is 1.36 bits per heavy atom. The Hall–Kier alpha value is -1.48. The number of furan rings is 2. The highest BCUT2D eigenvalue weighted by Crippen LogP contribution is 2.20. The van der Waals surface area contributed by atoms with Crippen molar-refractivity contribution in [2.75, 3.05) is 0 Å². The molecule has 0 aromatic carbocycles. The lowest BCUT2D eigenvalue weighted by molar-refractivity contribution is 0.148. The summed E-state index contributed by atoms with van der Waals surface area (Å²) >= 11 is 0. The number of aliphatic hydroxyl groups is 1. The molecule has 0 amide bonds. The van der Waals surface area contributed by atoms with Gasteiger partial charge in [0.25, 0.3) is 0 Å². The van der Waals surface area contributed by atoms with Gasteiger partial charge in [-0.15, -0.1) is 0 Å². The maximum absolute atomic E-state index is 9.77. The average Bonchev–Trinajstić information content (AvgIpc) is 2.75. The molecule has 0 bridgehead atoms. The summed E-state index contributed by atoms with van der Waals surface area (Å²) in [5, 5.41) is 9.77. The maximum atomic E-state index is 9.77. The topological polar surface area (TPSA) is 46.5 Å². The van der Waals surface area contributed by atoms with E-state index in [1.807, 2.05) is 19.1 Å². The quantitative estimate of drug-likeness (QED) is 0.812. The van der Waals surface area contributed by atoms with Crippen LogP contribution >= 0.6 is 0 Å².